The van der Waals surface area contributed by atoms with Crippen molar-refractivity contribution in [1.82, 2.24) is 9.97 Å². The summed E-state index contributed by atoms with van der Waals surface area (Å²) in [5.74, 6) is 0.804. The van der Waals surface area contributed by atoms with E-state index in [0.29, 0.717) is 11.5 Å². The van der Waals surface area contributed by atoms with Gasteiger partial charge in [-0.25, -0.2) is 0 Å². The van der Waals surface area contributed by atoms with Crippen LogP contribution in [0.1, 0.15) is 5.56 Å². The van der Waals surface area contributed by atoms with Gasteiger partial charge in [0.15, 0.2) is 5.44 Å². The van der Waals surface area contributed by atoms with E-state index in [1.807, 2.05) is 19.1 Å². The molecule has 3 heterocycles. The van der Waals surface area contributed by atoms with Crippen molar-refractivity contribution in [2.75, 3.05) is 5.75 Å². The van der Waals surface area contributed by atoms with Crippen LogP contribution in [0.5, 0.6) is 5.75 Å². The van der Waals surface area contributed by atoms with Gasteiger partial charge in [0.1, 0.15) is 18.0 Å². The van der Waals surface area contributed by atoms with Gasteiger partial charge in [0, 0.05) is 29.9 Å². The second-order valence-electron chi connectivity index (χ2n) is 5.47. The average molecular weight is 334 g/mol. The summed E-state index contributed by atoms with van der Waals surface area (Å²) in [6, 6.07) is 3.74. The first-order chi connectivity index (χ1) is 11.1. The van der Waals surface area contributed by atoms with Crippen LogP contribution in [0.25, 0.3) is 11.1 Å². The number of hydrogen-bond donors (Lipinski definition) is 3. The lowest BCUT2D eigenvalue weighted by atomic mass is 10.0. The Morgan fingerprint density at radius 1 is 1.13 bits per heavy atom. The number of hydrogen-bond acceptors (Lipinski definition) is 7. The normalized spacial score (nSPS) is 27.7. The molecule has 0 unspecified atom stereocenters. The molecule has 4 atom stereocenters. The van der Waals surface area contributed by atoms with Crippen molar-refractivity contribution in [2.45, 2.75) is 30.7 Å². The van der Waals surface area contributed by atoms with Crippen molar-refractivity contribution >= 4 is 11.8 Å². The summed E-state index contributed by atoms with van der Waals surface area (Å²) in [7, 11) is 0. The Labute approximate surface area is 138 Å². The van der Waals surface area contributed by atoms with E-state index in [9.17, 15) is 15.3 Å². The molecule has 1 fully saturated rings. The summed E-state index contributed by atoms with van der Waals surface area (Å²) in [6.45, 7) is 1.97. The van der Waals surface area contributed by atoms with E-state index in [2.05, 4.69) is 9.97 Å². The van der Waals surface area contributed by atoms with Crippen LogP contribution in [0.3, 0.4) is 0 Å². The van der Waals surface area contributed by atoms with Gasteiger partial charge in [0.25, 0.3) is 0 Å². The number of aromatic nitrogens is 2. The SMILES string of the molecule is Cc1cnccc1-c1cncc(O[C@@H]2SC[C@@H](O)[C@H](O)[C@H]2O)c1. The highest BCUT2D eigenvalue weighted by Crippen LogP contribution is 2.31. The first kappa shape index (κ1) is 16.2. The summed E-state index contributed by atoms with van der Waals surface area (Å²) < 4.78 is 5.75. The van der Waals surface area contributed by atoms with Crippen molar-refractivity contribution < 1.29 is 20.1 Å². The number of thioether (sulfide) groups is 1. The first-order valence-electron chi connectivity index (χ1n) is 7.25. The lowest BCUT2D eigenvalue weighted by Crippen LogP contribution is -2.50. The number of aliphatic hydroxyl groups is 3. The Kier molecular flexibility index (Phi) is 4.82. The molecule has 0 amide bonds. The molecule has 2 aromatic rings. The fourth-order valence-corrected chi connectivity index (χ4v) is 3.57. The molecule has 0 radical (unpaired) electrons. The highest BCUT2D eigenvalue weighted by Gasteiger charge is 2.38. The van der Waals surface area contributed by atoms with Crippen molar-refractivity contribution in [2.24, 2.45) is 0 Å². The molecule has 7 heteroatoms. The van der Waals surface area contributed by atoms with E-state index in [4.69, 9.17) is 4.74 Å². The predicted octanol–water partition coefficient (Wildman–Crippen LogP) is 0.986. The van der Waals surface area contributed by atoms with Gasteiger partial charge in [-0.3, -0.25) is 9.97 Å². The molecule has 1 aliphatic heterocycles. The van der Waals surface area contributed by atoms with E-state index < -0.39 is 23.7 Å². The summed E-state index contributed by atoms with van der Waals surface area (Å²) >= 11 is 1.26. The molecule has 0 spiro atoms. The molecule has 0 aliphatic carbocycles. The van der Waals surface area contributed by atoms with E-state index in [1.165, 1.54) is 11.8 Å². The zero-order chi connectivity index (χ0) is 16.4. The summed E-state index contributed by atoms with van der Waals surface area (Å²) in [5.41, 5.74) is 2.27. The van der Waals surface area contributed by atoms with Gasteiger partial charge in [0.2, 0.25) is 0 Å². The molecule has 1 saturated heterocycles. The molecule has 6 nitrogen and oxygen atoms in total. The van der Waals surface area contributed by atoms with Crippen molar-refractivity contribution in [3.63, 3.8) is 0 Å². The van der Waals surface area contributed by atoms with Gasteiger partial charge in [0.05, 0.1) is 12.3 Å². The van der Waals surface area contributed by atoms with Gasteiger partial charge >= 0.3 is 0 Å². The predicted molar refractivity (Wildman–Crippen MR) is 87.1 cm³/mol. The third kappa shape index (κ3) is 3.48. The molecule has 0 bridgehead atoms. The Morgan fingerprint density at radius 2 is 1.96 bits per heavy atom. The van der Waals surface area contributed by atoms with Crippen LogP contribution < -0.4 is 4.74 Å². The topological polar surface area (TPSA) is 95.7 Å². The largest absolute Gasteiger partial charge is 0.475 e. The van der Waals surface area contributed by atoms with Crippen LogP contribution >= 0.6 is 11.8 Å². The van der Waals surface area contributed by atoms with Gasteiger partial charge in [-0.1, -0.05) is 0 Å². The third-order valence-corrected chi connectivity index (χ3v) is 4.99. The minimum atomic E-state index is -1.21. The van der Waals surface area contributed by atoms with E-state index in [1.54, 1.807) is 24.8 Å². The summed E-state index contributed by atoms with van der Waals surface area (Å²) in [4.78, 5) is 8.25. The molecule has 122 valence electrons. The number of ether oxygens (including phenoxy) is 1. The molecular formula is C16H18N2O4S. The highest BCUT2D eigenvalue weighted by atomic mass is 32.2. The van der Waals surface area contributed by atoms with E-state index in [-0.39, 0.29) is 0 Å². The minimum Gasteiger partial charge on any atom is -0.475 e. The summed E-state index contributed by atoms with van der Waals surface area (Å²) in [6.07, 6.45) is 3.48. The zero-order valence-corrected chi connectivity index (χ0v) is 13.3. The number of aliphatic hydroxyl groups excluding tert-OH is 3. The Bertz CT molecular complexity index is 685. The average Bonchev–Trinajstić information content (AvgIpc) is 2.56. The van der Waals surface area contributed by atoms with Crippen LogP contribution in [-0.4, -0.2) is 54.8 Å². The second-order valence-corrected chi connectivity index (χ2v) is 6.60. The van der Waals surface area contributed by atoms with Crippen LogP contribution in [-0.2, 0) is 0 Å². The molecule has 0 aromatic carbocycles. The Hall–Kier alpha value is -1.67. The zero-order valence-electron chi connectivity index (χ0n) is 12.5. The minimum absolute atomic E-state index is 0.305. The van der Waals surface area contributed by atoms with Crippen molar-refractivity contribution in [3.8, 4) is 16.9 Å². The quantitative estimate of drug-likeness (QED) is 0.770. The van der Waals surface area contributed by atoms with Gasteiger partial charge < -0.3 is 20.1 Å². The molecule has 3 rings (SSSR count). The number of rotatable bonds is 3. The van der Waals surface area contributed by atoms with Gasteiger partial charge in [-0.05, 0) is 30.2 Å². The molecule has 2 aromatic heterocycles. The Morgan fingerprint density at radius 3 is 2.74 bits per heavy atom. The molecular weight excluding hydrogens is 316 g/mol. The van der Waals surface area contributed by atoms with Crippen molar-refractivity contribution in [3.05, 3.63) is 42.5 Å². The van der Waals surface area contributed by atoms with Crippen LogP contribution in [0.15, 0.2) is 36.9 Å². The maximum Gasteiger partial charge on any atom is 0.173 e. The number of aryl methyl sites for hydroxylation is 1. The van der Waals surface area contributed by atoms with Gasteiger partial charge in [-0.15, -0.1) is 11.8 Å². The third-order valence-electron chi connectivity index (χ3n) is 3.75. The molecule has 23 heavy (non-hydrogen) atoms. The van der Waals surface area contributed by atoms with Crippen molar-refractivity contribution in [1.29, 1.82) is 0 Å². The second kappa shape index (κ2) is 6.84. The van der Waals surface area contributed by atoms with Crippen LogP contribution in [0, 0.1) is 6.92 Å². The summed E-state index contributed by atoms with van der Waals surface area (Å²) in [5, 5.41) is 29.3. The van der Waals surface area contributed by atoms with Crippen LogP contribution in [0.4, 0.5) is 0 Å². The standard InChI is InChI=1S/C16H18N2O4S/c1-9-5-17-3-2-12(9)10-4-11(7-18-6-10)22-16-15(21)14(20)13(19)8-23-16/h2-7,13-16,19-21H,8H2,1H3/t13-,14+,15-,16-/m1/s1. The molecule has 0 saturated carbocycles. The number of pyridine rings is 2. The first-order valence-corrected chi connectivity index (χ1v) is 8.29. The highest BCUT2D eigenvalue weighted by molar-refractivity contribution is 7.99. The smallest absolute Gasteiger partial charge is 0.173 e. The monoisotopic (exact) mass is 334 g/mol. The maximum atomic E-state index is 10.0. The van der Waals surface area contributed by atoms with Crippen LogP contribution in [0.2, 0.25) is 0 Å². The maximum absolute atomic E-state index is 10.0. The lowest BCUT2D eigenvalue weighted by Gasteiger charge is -2.34. The molecule has 3 N–H and O–H groups in total. The Balaban J connectivity index is 1.80. The van der Waals surface area contributed by atoms with E-state index in [0.717, 1.165) is 16.7 Å². The molecule has 1 aliphatic rings. The number of nitrogens with zero attached hydrogens (tertiary/aromatic N) is 2. The lowest BCUT2D eigenvalue weighted by molar-refractivity contribution is -0.0786. The fourth-order valence-electron chi connectivity index (χ4n) is 2.44. The fraction of sp³-hybridized carbons (Fsp3) is 0.375. The van der Waals surface area contributed by atoms with Gasteiger partial charge in [-0.2, -0.15) is 0 Å². The van der Waals surface area contributed by atoms with E-state index >= 15 is 0 Å².